The number of allylic oxidation sites excluding steroid dienone is 2. The number of halogens is 2. The topological polar surface area (TPSA) is 42.7 Å². The summed E-state index contributed by atoms with van der Waals surface area (Å²) in [6.07, 6.45) is 5.54. The maximum Gasteiger partial charge on any atom is 0.246 e. The summed E-state index contributed by atoms with van der Waals surface area (Å²) in [7, 11) is 0. The molecule has 0 saturated heterocycles. The van der Waals surface area contributed by atoms with Crippen LogP contribution in [-0.2, 0) is 4.79 Å². The zero-order valence-electron chi connectivity index (χ0n) is 15.0. The van der Waals surface area contributed by atoms with Crippen molar-refractivity contribution < 1.29 is 13.9 Å². The van der Waals surface area contributed by atoms with E-state index in [4.69, 9.17) is 32.4 Å². The maximum absolute atomic E-state index is 12.0. The summed E-state index contributed by atoms with van der Waals surface area (Å²) in [4.78, 5) is 13.7. The number of carbonyl (C=O) groups is 1. The van der Waals surface area contributed by atoms with Gasteiger partial charge in [0, 0.05) is 30.4 Å². The van der Waals surface area contributed by atoms with E-state index in [9.17, 15) is 4.79 Å². The van der Waals surface area contributed by atoms with Crippen LogP contribution in [0.2, 0.25) is 0 Å². The number of benzene rings is 1. The quantitative estimate of drug-likeness (QED) is 0.245. The molecule has 2 rings (SSSR count). The van der Waals surface area contributed by atoms with Crippen molar-refractivity contribution in [2.75, 3.05) is 25.6 Å². The average Bonchev–Trinajstić information content (AvgIpc) is 3.08. The molecule has 4 nitrogen and oxygen atoms in total. The minimum Gasteiger partial charge on any atom is -0.490 e. The number of para-hydroxylation sites is 1. The van der Waals surface area contributed by atoms with E-state index in [0.29, 0.717) is 47.7 Å². The van der Waals surface area contributed by atoms with E-state index < -0.39 is 0 Å². The van der Waals surface area contributed by atoms with Crippen LogP contribution in [0.4, 0.5) is 0 Å². The van der Waals surface area contributed by atoms with Crippen molar-refractivity contribution in [3.63, 3.8) is 0 Å². The number of amides is 1. The number of rotatable bonds is 9. The monoisotopic (exact) mass is 395 g/mol. The highest BCUT2D eigenvalue weighted by atomic mass is 35.5. The molecule has 0 radical (unpaired) electrons. The van der Waals surface area contributed by atoms with Crippen LogP contribution in [0.1, 0.15) is 26.0 Å². The van der Waals surface area contributed by atoms with Crippen molar-refractivity contribution in [2.24, 2.45) is 0 Å². The van der Waals surface area contributed by atoms with Gasteiger partial charge < -0.3 is 14.1 Å². The van der Waals surface area contributed by atoms with E-state index in [2.05, 4.69) is 0 Å². The Hall–Kier alpha value is -1.91. The van der Waals surface area contributed by atoms with Crippen LogP contribution >= 0.6 is 23.2 Å². The predicted molar refractivity (Wildman–Crippen MR) is 108 cm³/mol. The first-order valence-corrected chi connectivity index (χ1v) is 9.56. The normalized spacial score (nSPS) is 12.1. The smallest absolute Gasteiger partial charge is 0.246 e. The lowest BCUT2D eigenvalue weighted by atomic mass is 10.2. The molecule has 0 aliphatic carbocycles. The molecule has 0 aliphatic heterocycles. The standard InChI is InChI=1S/C20H23Cl2NO3/c1-3-23(4-2)19(24)11-6-9-16(22)18-14-15-8-5-10-17(20(15)26-18)25-13-7-12-21/h5-6,8-11,14H,3-4,7,12-13H2,1-2H3. The fourth-order valence-corrected chi connectivity index (χ4v) is 2.72. The van der Waals surface area contributed by atoms with E-state index >= 15 is 0 Å². The molecule has 2 aromatic rings. The van der Waals surface area contributed by atoms with Gasteiger partial charge >= 0.3 is 0 Å². The first kappa shape index (κ1) is 20.4. The summed E-state index contributed by atoms with van der Waals surface area (Å²) in [5.74, 6) is 1.69. The second-order valence-corrected chi connectivity index (χ2v) is 6.35. The number of hydrogen-bond acceptors (Lipinski definition) is 3. The average molecular weight is 396 g/mol. The Kier molecular flexibility index (Phi) is 8.07. The van der Waals surface area contributed by atoms with E-state index in [1.807, 2.05) is 38.1 Å². The third kappa shape index (κ3) is 5.29. The fourth-order valence-electron chi connectivity index (χ4n) is 2.44. The van der Waals surface area contributed by atoms with Crippen molar-refractivity contribution >= 4 is 45.1 Å². The van der Waals surface area contributed by atoms with Crippen molar-refractivity contribution in [2.45, 2.75) is 20.3 Å². The van der Waals surface area contributed by atoms with Crippen LogP contribution < -0.4 is 4.74 Å². The number of ether oxygens (including phenoxy) is 1. The van der Waals surface area contributed by atoms with Gasteiger partial charge in [0.2, 0.25) is 5.91 Å². The first-order chi connectivity index (χ1) is 12.6. The molecule has 1 aromatic carbocycles. The van der Waals surface area contributed by atoms with Crippen LogP contribution in [0.5, 0.6) is 5.75 Å². The second kappa shape index (κ2) is 10.3. The number of carbonyl (C=O) groups excluding carboxylic acids is 1. The number of hydrogen-bond donors (Lipinski definition) is 0. The second-order valence-electron chi connectivity index (χ2n) is 5.56. The lowest BCUT2D eigenvalue weighted by Crippen LogP contribution is -2.28. The summed E-state index contributed by atoms with van der Waals surface area (Å²) in [5, 5.41) is 1.31. The molecule has 1 heterocycles. The summed E-state index contributed by atoms with van der Waals surface area (Å²) in [5.41, 5.74) is 0.645. The van der Waals surface area contributed by atoms with E-state index in [-0.39, 0.29) is 5.91 Å². The van der Waals surface area contributed by atoms with Gasteiger partial charge in [0.05, 0.1) is 11.6 Å². The Morgan fingerprint density at radius 1 is 1.31 bits per heavy atom. The minimum absolute atomic E-state index is 0.0460. The van der Waals surface area contributed by atoms with Gasteiger partial charge in [-0.05, 0) is 38.5 Å². The van der Waals surface area contributed by atoms with Crippen molar-refractivity contribution in [1.82, 2.24) is 4.90 Å². The zero-order valence-corrected chi connectivity index (χ0v) is 16.5. The highest BCUT2D eigenvalue weighted by molar-refractivity contribution is 6.48. The number of alkyl halides is 1. The molecule has 0 bridgehead atoms. The van der Waals surface area contributed by atoms with E-state index in [1.54, 1.807) is 17.1 Å². The molecule has 0 spiro atoms. The van der Waals surface area contributed by atoms with Crippen LogP contribution in [0.25, 0.3) is 16.0 Å². The molecule has 26 heavy (non-hydrogen) atoms. The highest BCUT2D eigenvalue weighted by Crippen LogP contribution is 2.32. The van der Waals surface area contributed by atoms with Gasteiger partial charge in [0.15, 0.2) is 11.3 Å². The fraction of sp³-hybridized carbons (Fsp3) is 0.350. The molecule has 0 saturated carbocycles. The van der Waals surface area contributed by atoms with Crippen molar-refractivity contribution in [3.05, 3.63) is 48.3 Å². The molecule has 0 aliphatic rings. The molecule has 1 amide bonds. The summed E-state index contributed by atoms with van der Waals surface area (Å²) in [6, 6.07) is 7.53. The molecule has 140 valence electrons. The SMILES string of the molecule is CCN(CC)C(=O)C=CC=C(Cl)c1cc2cccc(OCCCCl)c2o1. The molecule has 1 aromatic heterocycles. The Morgan fingerprint density at radius 2 is 2.08 bits per heavy atom. The Balaban J connectivity index is 2.16. The first-order valence-electron chi connectivity index (χ1n) is 8.65. The Morgan fingerprint density at radius 3 is 2.77 bits per heavy atom. The summed E-state index contributed by atoms with van der Waals surface area (Å²) >= 11 is 12.0. The van der Waals surface area contributed by atoms with Gasteiger partial charge in [-0.3, -0.25) is 4.79 Å². The number of fused-ring (bicyclic) bond motifs is 1. The lowest BCUT2D eigenvalue weighted by molar-refractivity contribution is -0.125. The predicted octanol–water partition coefficient (Wildman–Crippen LogP) is 5.44. The number of nitrogens with zero attached hydrogens (tertiary/aromatic N) is 1. The maximum atomic E-state index is 12.0. The summed E-state index contributed by atoms with van der Waals surface area (Å²) < 4.78 is 11.6. The van der Waals surface area contributed by atoms with Gasteiger partial charge in [-0.2, -0.15) is 0 Å². The molecular formula is C20H23Cl2NO3. The molecular weight excluding hydrogens is 373 g/mol. The third-order valence-electron chi connectivity index (χ3n) is 3.84. The molecule has 0 atom stereocenters. The summed E-state index contributed by atoms with van der Waals surface area (Å²) in [6.45, 7) is 5.76. The van der Waals surface area contributed by atoms with E-state index in [0.717, 1.165) is 11.8 Å². The molecule has 0 fully saturated rings. The molecule has 0 unspecified atom stereocenters. The van der Waals surface area contributed by atoms with Gasteiger partial charge in [0.25, 0.3) is 0 Å². The Labute approximate surface area is 164 Å². The largest absolute Gasteiger partial charge is 0.490 e. The molecule has 6 heteroatoms. The van der Waals surface area contributed by atoms with Crippen molar-refractivity contribution in [3.8, 4) is 5.75 Å². The molecule has 0 N–H and O–H groups in total. The number of likely N-dealkylation sites (N-methyl/N-ethyl adjacent to an activating group) is 1. The van der Waals surface area contributed by atoms with Crippen molar-refractivity contribution in [1.29, 1.82) is 0 Å². The van der Waals surface area contributed by atoms with Gasteiger partial charge in [-0.25, -0.2) is 0 Å². The lowest BCUT2D eigenvalue weighted by Gasteiger charge is -2.15. The van der Waals surface area contributed by atoms with Crippen LogP contribution in [-0.4, -0.2) is 36.4 Å². The highest BCUT2D eigenvalue weighted by Gasteiger charge is 2.11. The van der Waals surface area contributed by atoms with Crippen LogP contribution in [0.15, 0.2) is 46.9 Å². The minimum atomic E-state index is -0.0460. The Bertz CT molecular complexity index is 791. The van der Waals surface area contributed by atoms with Gasteiger partial charge in [0.1, 0.15) is 5.76 Å². The zero-order chi connectivity index (χ0) is 18.9. The van der Waals surface area contributed by atoms with Crippen LogP contribution in [0.3, 0.4) is 0 Å². The van der Waals surface area contributed by atoms with Gasteiger partial charge in [-0.1, -0.05) is 29.8 Å². The number of furan rings is 1. The van der Waals surface area contributed by atoms with Gasteiger partial charge in [-0.15, -0.1) is 11.6 Å². The third-order valence-corrected chi connectivity index (χ3v) is 4.41. The van der Waals surface area contributed by atoms with Crippen LogP contribution in [0, 0.1) is 0 Å². The van der Waals surface area contributed by atoms with E-state index in [1.165, 1.54) is 6.08 Å².